The Balaban J connectivity index is 3.53. The second kappa shape index (κ2) is 8.23. The molecule has 0 aliphatic carbocycles. The lowest BCUT2D eigenvalue weighted by Gasteiger charge is -2.09. The fourth-order valence-electron chi connectivity index (χ4n) is 1.16. The van der Waals surface area contributed by atoms with E-state index in [4.69, 9.17) is 5.73 Å². The lowest BCUT2D eigenvalue weighted by Crippen LogP contribution is -2.35. The minimum atomic E-state index is -0.182. The van der Waals surface area contributed by atoms with Crippen LogP contribution in [-0.2, 0) is 9.59 Å². The smallest absolute Gasteiger partial charge is 0.239 e. The fourth-order valence-corrected chi connectivity index (χ4v) is 1.16. The van der Waals surface area contributed by atoms with Gasteiger partial charge in [-0.2, -0.15) is 0 Å². The van der Waals surface area contributed by atoms with Crippen molar-refractivity contribution in [2.45, 2.75) is 26.2 Å². The molecule has 0 radical (unpaired) electrons. The third-order valence-electron chi connectivity index (χ3n) is 2.25. The van der Waals surface area contributed by atoms with Crippen LogP contribution < -0.4 is 16.4 Å². The maximum Gasteiger partial charge on any atom is 0.239 e. The largest absolute Gasteiger partial charge is 0.358 e. The Morgan fingerprint density at radius 3 is 2.47 bits per heavy atom. The minimum absolute atomic E-state index is 0.0562. The molecule has 88 valence electrons. The third kappa shape index (κ3) is 7.93. The molecule has 5 heteroatoms. The molecule has 4 N–H and O–H groups in total. The second-order valence-corrected chi connectivity index (χ2v) is 3.67. The highest BCUT2D eigenvalue weighted by molar-refractivity contribution is 5.84. The van der Waals surface area contributed by atoms with Gasteiger partial charge in [0, 0.05) is 13.5 Å². The van der Waals surface area contributed by atoms with Gasteiger partial charge < -0.3 is 16.4 Å². The van der Waals surface area contributed by atoms with Crippen LogP contribution in [0.15, 0.2) is 0 Å². The molecular formula is C10H21N3O2. The van der Waals surface area contributed by atoms with Crippen LogP contribution in [0.5, 0.6) is 0 Å². The standard InChI is InChI=1S/C10H21N3O2/c1-8(5-6-11)3-4-9(14)13-7-10(15)12-2/h8H,3-7,11H2,1-2H3,(H,12,15)(H,13,14). The zero-order valence-electron chi connectivity index (χ0n) is 9.51. The second-order valence-electron chi connectivity index (χ2n) is 3.67. The highest BCUT2D eigenvalue weighted by Gasteiger charge is 2.07. The average Bonchev–Trinajstić information content (AvgIpc) is 2.23. The SMILES string of the molecule is CNC(=O)CNC(=O)CCC(C)CCN. The van der Waals surface area contributed by atoms with Crippen LogP contribution in [-0.4, -0.2) is 32.0 Å². The molecule has 0 aromatic carbocycles. The van der Waals surface area contributed by atoms with Gasteiger partial charge in [0.1, 0.15) is 0 Å². The van der Waals surface area contributed by atoms with Crippen molar-refractivity contribution in [3.63, 3.8) is 0 Å². The van der Waals surface area contributed by atoms with Crippen molar-refractivity contribution in [1.29, 1.82) is 0 Å². The van der Waals surface area contributed by atoms with Crippen LogP contribution in [0.2, 0.25) is 0 Å². The molecule has 1 unspecified atom stereocenters. The van der Waals surface area contributed by atoms with E-state index in [1.165, 1.54) is 7.05 Å². The molecule has 5 nitrogen and oxygen atoms in total. The molecule has 0 heterocycles. The van der Waals surface area contributed by atoms with Crippen LogP contribution in [0, 0.1) is 5.92 Å². The van der Waals surface area contributed by atoms with E-state index in [-0.39, 0.29) is 18.4 Å². The molecule has 0 aromatic heterocycles. The molecule has 0 saturated heterocycles. The lowest BCUT2D eigenvalue weighted by atomic mass is 10.0. The molecule has 0 saturated carbocycles. The topological polar surface area (TPSA) is 84.2 Å². The lowest BCUT2D eigenvalue weighted by molar-refractivity contribution is -0.126. The summed E-state index contributed by atoms with van der Waals surface area (Å²) in [5.41, 5.74) is 5.40. The number of carbonyl (C=O) groups is 2. The maximum absolute atomic E-state index is 11.2. The van der Waals surface area contributed by atoms with E-state index < -0.39 is 0 Å². The third-order valence-corrected chi connectivity index (χ3v) is 2.25. The number of hydrogen-bond donors (Lipinski definition) is 3. The summed E-state index contributed by atoms with van der Waals surface area (Å²) >= 11 is 0. The number of nitrogens with two attached hydrogens (primary N) is 1. The molecule has 0 fully saturated rings. The quantitative estimate of drug-likeness (QED) is 0.541. The minimum Gasteiger partial charge on any atom is -0.358 e. The number of likely N-dealkylation sites (N-methyl/N-ethyl adjacent to an activating group) is 1. The van der Waals surface area contributed by atoms with Gasteiger partial charge in [-0.3, -0.25) is 9.59 Å². The molecule has 0 spiro atoms. The predicted molar refractivity (Wildman–Crippen MR) is 59.1 cm³/mol. The summed E-state index contributed by atoms with van der Waals surface area (Å²) in [4.78, 5) is 22.1. The molecule has 15 heavy (non-hydrogen) atoms. The summed E-state index contributed by atoms with van der Waals surface area (Å²) in [5, 5.41) is 4.98. The summed E-state index contributed by atoms with van der Waals surface area (Å²) < 4.78 is 0. The van der Waals surface area contributed by atoms with Gasteiger partial charge in [-0.15, -0.1) is 0 Å². The summed E-state index contributed by atoms with van der Waals surface area (Å²) in [6.07, 6.45) is 2.21. The van der Waals surface area contributed by atoms with Crippen molar-refractivity contribution < 1.29 is 9.59 Å². The van der Waals surface area contributed by atoms with Gasteiger partial charge in [0.15, 0.2) is 0 Å². The van der Waals surface area contributed by atoms with Crippen molar-refractivity contribution in [2.75, 3.05) is 20.1 Å². The summed E-state index contributed by atoms with van der Waals surface area (Å²) in [6.45, 7) is 2.78. The molecule has 0 aromatic rings. The number of rotatable bonds is 7. The van der Waals surface area contributed by atoms with Crippen LogP contribution >= 0.6 is 0 Å². The first-order valence-corrected chi connectivity index (χ1v) is 5.27. The monoisotopic (exact) mass is 215 g/mol. The Morgan fingerprint density at radius 2 is 1.93 bits per heavy atom. The van der Waals surface area contributed by atoms with Gasteiger partial charge in [-0.25, -0.2) is 0 Å². The van der Waals surface area contributed by atoms with E-state index in [0.29, 0.717) is 18.9 Å². The van der Waals surface area contributed by atoms with Gasteiger partial charge in [0.2, 0.25) is 11.8 Å². The molecule has 0 bridgehead atoms. The Morgan fingerprint density at radius 1 is 1.27 bits per heavy atom. The van der Waals surface area contributed by atoms with E-state index in [9.17, 15) is 9.59 Å². The number of hydrogen-bond acceptors (Lipinski definition) is 3. The maximum atomic E-state index is 11.2. The van der Waals surface area contributed by atoms with Gasteiger partial charge >= 0.3 is 0 Å². The number of nitrogens with one attached hydrogen (secondary N) is 2. The fraction of sp³-hybridized carbons (Fsp3) is 0.800. The molecular weight excluding hydrogens is 194 g/mol. The van der Waals surface area contributed by atoms with Crippen molar-refractivity contribution in [3.05, 3.63) is 0 Å². The van der Waals surface area contributed by atoms with E-state index in [0.717, 1.165) is 12.8 Å². The first-order valence-electron chi connectivity index (χ1n) is 5.27. The van der Waals surface area contributed by atoms with Crippen LogP contribution in [0.3, 0.4) is 0 Å². The van der Waals surface area contributed by atoms with Crippen LogP contribution in [0.4, 0.5) is 0 Å². The normalized spacial score (nSPS) is 11.9. The Hall–Kier alpha value is -1.10. The molecule has 2 amide bonds. The number of amides is 2. The van der Waals surface area contributed by atoms with Crippen molar-refractivity contribution in [3.8, 4) is 0 Å². The number of carbonyl (C=O) groups excluding carboxylic acids is 2. The highest BCUT2D eigenvalue weighted by atomic mass is 16.2. The highest BCUT2D eigenvalue weighted by Crippen LogP contribution is 2.08. The first kappa shape index (κ1) is 13.9. The van der Waals surface area contributed by atoms with Gasteiger partial charge in [-0.05, 0) is 25.3 Å². The van der Waals surface area contributed by atoms with E-state index in [1.807, 2.05) is 0 Å². The van der Waals surface area contributed by atoms with E-state index in [2.05, 4.69) is 17.6 Å². The molecule has 0 rings (SSSR count). The Bertz CT molecular complexity index is 207. The molecule has 0 aliphatic heterocycles. The first-order chi connectivity index (χ1) is 7.10. The van der Waals surface area contributed by atoms with Crippen molar-refractivity contribution >= 4 is 11.8 Å². The van der Waals surface area contributed by atoms with E-state index in [1.54, 1.807) is 0 Å². The average molecular weight is 215 g/mol. The zero-order valence-corrected chi connectivity index (χ0v) is 9.51. The van der Waals surface area contributed by atoms with Gasteiger partial charge in [0.05, 0.1) is 6.54 Å². The van der Waals surface area contributed by atoms with Crippen molar-refractivity contribution in [1.82, 2.24) is 10.6 Å². The zero-order chi connectivity index (χ0) is 11.7. The van der Waals surface area contributed by atoms with Gasteiger partial charge in [-0.1, -0.05) is 6.92 Å². The molecule has 0 aliphatic rings. The Kier molecular flexibility index (Phi) is 7.62. The van der Waals surface area contributed by atoms with Crippen molar-refractivity contribution in [2.24, 2.45) is 11.7 Å². The van der Waals surface area contributed by atoms with Gasteiger partial charge in [0.25, 0.3) is 0 Å². The van der Waals surface area contributed by atoms with Crippen LogP contribution in [0.25, 0.3) is 0 Å². The summed E-state index contributed by atoms with van der Waals surface area (Å²) in [7, 11) is 1.54. The van der Waals surface area contributed by atoms with Crippen LogP contribution in [0.1, 0.15) is 26.2 Å². The molecule has 1 atom stereocenters. The predicted octanol–water partition coefficient (Wildman–Crippen LogP) is -0.386. The van der Waals surface area contributed by atoms with E-state index >= 15 is 0 Å². The summed E-state index contributed by atoms with van der Waals surface area (Å²) in [6, 6.07) is 0. The Labute approximate surface area is 90.8 Å². The summed E-state index contributed by atoms with van der Waals surface area (Å²) in [5.74, 6) is 0.196.